The van der Waals surface area contributed by atoms with E-state index in [0.717, 1.165) is 28.7 Å². The minimum atomic E-state index is -4.47. The standard InChI is InChI=1S/C17H13F3N2O/c1-10-7-12-9-14(5-6-15(12)21-10)22-16(23)11-3-2-4-13(8-11)17(18,19)20/h2-9,21H,1H3,(H,22,23). The van der Waals surface area contributed by atoms with Crippen molar-refractivity contribution in [3.05, 3.63) is 65.4 Å². The molecule has 0 fully saturated rings. The van der Waals surface area contributed by atoms with Crippen molar-refractivity contribution in [1.29, 1.82) is 0 Å². The Bertz CT molecular complexity index is 881. The summed E-state index contributed by atoms with van der Waals surface area (Å²) < 4.78 is 38.1. The summed E-state index contributed by atoms with van der Waals surface area (Å²) in [5.41, 5.74) is 1.56. The number of halogens is 3. The second-order valence-corrected chi connectivity index (χ2v) is 5.29. The highest BCUT2D eigenvalue weighted by Crippen LogP contribution is 2.29. The van der Waals surface area contributed by atoms with Gasteiger partial charge in [0.25, 0.3) is 5.91 Å². The van der Waals surface area contributed by atoms with E-state index < -0.39 is 17.6 Å². The molecule has 0 atom stereocenters. The van der Waals surface area contributed by atoms with Gasteiger partial charge in [0.15, 0.2) is 0 Å². The topological polar surface area (TPSA) is 44.9 Å². The Labute approximate surface area is 130 Å². The molecule has 0 saturated carbocycles. The largest absolute Gasteiger partial charge is 0.416 e. The molecule has 6 heteroatoms. The van der Waals surface area contributed by atoms with Gasteiger partial charge in [-0.25, -0.2) is 0 Å². The summed E-state index contributed by atoms with van der Waals surface area (Å²) in [6.07, 6.45) is -4.47. The average molecular weight is 318 g/mol. The summed E-state index contributed by atoms with van der Waals surface area (Å²) in [5, 5.41) is 3.54. The number of rotatable bonds is 2. The fourth-order valence-electron chi connectivity index (χ4n) is 2.40. The molecule has 0 aliphatic heterocycles. The van der Waals surface area contributed by atoms with Gasteiger partial charge in [-0.15, -0.1) is 0 Å². The molecular formula is C17H13F3N2O. The van der Waals surface area contributed by atoms with Gasteiger partial charge in [-0.3, -0.25) is 4.79 Å². The Balaban J connectivity index is 1.85. The molecule has 118 valence electrons. The third-order valence-corrected chi connectivity index (χ3v) is 3.47. The van der Waals surface area contributed by atoms with Crippen LogP contribution in [-0.4, -0.2) is 10.9 Å². The first-order valence-electron chi connectivity index (χ1n) is 6.91. The van der Waals surface area contributed by atoms with Gasteiger partial charge in [0.05, 0.1) is 5.56 Å². The maximum absolute atomic E-state index is 12.7. The quantitative estimate of drug-likeness (QED) is 0.704. The molecule has 1 aromatic heterocycles. The molecule has 0 aliphatic carbocycles. The molecular weight excluding hydrogens is 305 g/mol. The molecule has 0 radical (unpaired) electrons. The minimum absolute atomic E-state index is 0.0369. The molecule has 2 N–H and O–H groups in total. The Hall–Kier alpha value is -2.76. The van der Waals surface area contributed by atoms with Gasteiger partial charge in [0.1, 0.15) is 0 Å². The van der Waals surface area contributed by atoms with Crippen molar-refractivity contribution in [2.45, 2.75) is 13.1 Å². The molecule has 0 bridgehead atoms. The summed E-state index contributed by atoms with van der Waals surface area (Å²) >= 11 is 0. The van der Waals surface area contributed by atoms with Gasteiger partial charge in [-0.1, -0.05) is 6.07 Å². The second kappa shape index (κ2) is 5.46. The summed E-state index contributed by atoms with van der Waals surface area (Å²) in [5.74, 6) is -0.581. The number of benzene rings is 2. The number of nitrogens with one attached hydrogen (secondary N) is 2. The Morgan fingerprint density at radius 3 is 2.61 bits per heavy atom. The van der Waals surface area contributed by atoms with Crippen molar-refractivity contribution < 1.29 is 18.0 Å². The smallest absolute Gasteiger partial charge is 0.359 e. The lowest BCUT2D eigenvalue weighted by atomic mass is 10.1. The SMILES string of the molecule is Cc1cc2cc(NC(=O)c3cccc(C(F)(F)F)c3)ccc2[nH]1. The molecule has 3 aromatic rings. The van der Waals surface area contributed by atoms with Crippen LogP contribution in [0, 0.1) is 6.92 Å². The number of amides is 1. The number of fused-ring (bicyclic) bond motifs is 1. The van der Waals surface area contributed by atoms with E-state index in [1.54, 1.807) is 12.1 Å². The second-order valence-electron chi connectivity index (χ2n) is 5.29. The predicted octanol–water partition coefficient (Wildman–Crippen LogP) is 4.75. The normalized spacial score (nSPS) is 11.7. The van der Waals surface area contributed by atoms with Crippen LogP contribution in [0.1, 0.15) is 21.6 Å². The van der Waals surface area contributed by atoms with Gasteiger partial charge in [0, 0.05) is 27.8 Å². The number of carbonyl (C=O) groups excluding carboxylic acids is 1. The molecule has 3 rings (SSSR count). The van der Waals surface area contributed by atoms with E-state index in [4.69, 9.17) is 0 Å². The molecule has 0 unspecified atom stereocenters. The molecule has 0 saturated heterocycles. The molecule has 2 aromatic carbocycles. The number of anilines is 1. The lowest BCUT2D eigenvalue weighted by Crippen LogP contribution is -2.13. The van der Waals surface area contributed by atoms with Gasteiger partial charge >= 0.3 is 6.18 Å². The maximum Gasteiger partial charge on any atom is 0.416 e. The van der Waals surface area contributed by atoms with Crippen molar-refractivity contribution in [3.63, 3.8) is 0 Å². The first kappa shape index (κ1) is 15.1. The number of alkyl halides is 3. The van der Waals surface area contributed by atoms with Crippen LogP contribution in [0.4, 0.5) is 18.9 Å². The number of aromatic nitrogens is 1. The Morgan fingerprint density at radius 2 is 1.87 bits per heavy atom. The number of H-pyrrole nitrogens is 1. The molecule has 23 heavy (non-hydrogen) atoms. The minimum Gasteiger partial charge on any atom is -0.359 e. The molecule has 1 heterocycles. The highest BCUT2D eigenvalue weighted by molar-refractivity contribution is 6.05. The average Bonchev–Trinajstić information content (AvgIpc) is 2.86. The van der Waals surface area contributed by atoms with Gasteiger partial charge in [-0.2, -0.15) is 13.2 Å². The first-order valence-corrected chi connectivity index (χ1v) is 6.91. The van der Waals surface area contributed by atoms with Crippen molar-refractivity contribution in [2.75, 3.05) is 5.32 Å². The molecule has 0 spiro atoms. The lowest BCUT2D eigenvalue weighted by molar-refractivity contribution is -0.137. The van der Waals surface area contributed by atoms with Crippen LogP contribution >= 0.6 is 0 Å². The van der Waals surface area contributed by atoms with E-state index in [-0.39, 0.29) is 5.56 Å². The fraction of sp³-hybridized carbons (Fsp3) is 0.118. The van der Waals surface area contributed by atoms with Crippen molar-refractivity contribution >= 4 is 22.5 Å². The monoisotopic (exact) mass is 318 g/mol. The van der Waals surface area contributed by atoms with Crippen molar-refractivity contribution in [2.24, 2.45) is 0 Å². The molecule has 0 aliphatic rings. The number of carbonyl (C=O) groups is 1. The van der Waals surface area contributed by atoms with E-state index in [0.29, 0.717) is 5.69 Å². The zero-order valence-corrected chi connectivity index (χ0v) is 12.2. The van der Waals surface area contributed by atoms with Crippen LogP contribution in [0.5, 0.6) is 0 Å². The highest BCUT2D eigenvalue weighted by Gasteiger charge is 2.30. The van der Waals surface area contributed by atoms with E-state index >= 15 is 0 Å². The van der Waals surface area contributed by atoms with E-state index in [1.165, 1.54) is 12.1 Å². The lowest BCUT2D eigenvalue weighted by Gasteiger charge is -2.09. The zero-order valence-electron chi connectivity index (χ0n) is 12.2. The summed E-state index contributed by atoms with van der Waals surface area (Å²) in [6.45, 7) is 1.92. The van der Waals surface area contributed by atoms with Gasteiger partial charge in [0.2, 0.25) is 0 Å². The summed E-state index contributed by atoms with van der Waals surface area (Å²) in [6, 6.07) is 11.5. The Morgan fingerprint density at radius 1 is 1.09 bits per heavy atom. The molecule has 3 nitrogen and oxygen atoms in total. The zero-order chi connectivity index (χ0) is 16.6. The van der Waals surface area contributed by atoms with Gasteiger partial charge < -0.3 is 10.3 Å². The Kier molecular flexibility index (Phi) is 3.60. The third-order valence-electron chi connectivity index (χ3n) is 3.47. The van der Waals surface area contributed by atoms with Crippen LogP contribution in [0.15, 0.2) is 48.5 Å². The highest BCUT2D eigenvalue weighted by atomic mass is 19.4. The first-order chi connectivity index (χ1) is 10.8. The van der Waals surface area contributed by atoms with Crippen LogP contribution in [0.3, 0.4) is 0 Å². The molecule has 1 amide bonds. The number of hydrogen-bond donors (Lipinski definition) is 2. The van der Waals surface area contributed by atoms with Crippen molar-refractivity contribution in [3.8, 4) is 0 Å². The third kappa shape index (κ3) is 3.21. The fourth-order valence-corrected chi connectivity index (χ4v) is 2.40. The summed E-state index contributed by atoms with van der Waals surface area (Å²) in [7, 11) is 0. The number of aromatic amines is 1. The van der Waals surface area contributed by atoms with Crippen LogP contribution in [0.2, 0.25) is 0 Å². The van der Waals surface area contributed by atoms with E-state index in [2.05, 4.69) is 10.3 Å². The van der Waals surface area contributed by atoms with Crippen molar-refractivity contribution in [1.82, 2.24) is 4.98 Å². The van der Waals surface area contributed by atoms with E-state index in [9.17, 15) is 18.0 Å². The number of hydrogen-bond acceptors (Lipinski definition) is 1. The van der Waals surface area contributed by atoms with Crippen LogP contribution < -0.4 is 5.32 Å². The summed E-state index contributed by atoms with van der Waals surface area (Å²) in [4.78, 5) is 15.3. The van der Waals surface area contributed by atoms with E-state index in [1.807, 2.05) is 19.1 Å². The predicted molar refractivity (Wildman–Crippen MR) is 82.4 cm³/mol. The van der Waals surface area contributed by atoms with Crippen LogP contribution in [-0.2, 0) is 6.18 Å². The van der Waals surface area contributed by atoms with Crippen LogP contribution in [0.25, 0.3) is 10.9 Å². The number of aryl methyl sites for hydroxylation is 1. The maximum atomic E-state index is 12.7. The van der Waals surface area contributed by atoms with Gasteiger partial charge in [-0.05, 0) is 49.4 Å².